The number of anilines is 1. The maximum absolute atomic E-state index is 11.7. The molecular formula is C17H17ClN2O7S. The molecule has 0 spiro atoms. The zero-order valence-electron chi connectivity index (χ0n) is 14.9. The zero-order chi connectivity index (χ0) is 21.1. The third-order valence-corrected chi connectivity index (χ3v) is 4.63. The lowest BCUT2D eigenvalue weighted by Crippen LogP contribution is -2.25. The minimum Gasteiger partial charge on any atom is -0.507 e. The Hall–Kier alpha value is -2.82. The number of amides is 1. The smallest absolute Gasteiger partial charge is 0.397 e. The topological polar surface area (TPSA) is 145 Å². The van der Waals surface area contributed by atoms with Crippen LogP contribution in [0.15, 0.2) is 35.2 Å². The van der Waals surface area contributed by atoms with E-state index in [1.807, 2.05) is 0 Å². The number of benzene rings is 2. The van der Waals surface area contributed by atoms with Gasteiger partial charge in [0, 0.05) is 11.8 Å². The van der Waals surface area contributed by atoms with Gasteiger partial charge in [-0.05, 0) is 43.7 Å². The fourth-order valence-electron chi connectivity index (χ4n) is 2.21. The average molecular weight is 429 g/mol. The number of rotatable bonds is 5. The van der Waals surface area contributed by atoms with E-state index >= 15 is 0 Å². The second-order valence-electron chi connectivity index (χ2n) is 5.56. The number of hydrogen-bond acceptors (Lipinski definition) is 7. The van der Waals surface area contributed by atoms with Crippen molar-refractivity contribution in [2.24, 2.45) is 5.14 Å². The van der Waals surface area contributed by atoms with Gasteiger partial charge in [-0.2, -0.15) is 0 Å². The van der Waals surface area contributed by atoms with E-state index in [0.29, 0.717) is 5.56 Å². The minimum atomic E-state index is -4.16. The Labute approximate surface area is 166 Å². The molecule has 28 heavy (non-hydrogen) atoms. The maximum atomic E-state index is 11.7. The summed E-state index contributed by atoms with van der Waals surface area (Å²) in [6, 6.07) is 6.35. The number of esters is 1. The van der Waals surface area contributed by atoms with Crippen molar-refractivity contribution in [1.82, 2.24) is 0 Å². The van der Waals surface area contributed by atoms with Gasteiger partial charge in [-0.3, -0.25) is 4.79 Å². The first-order valence-electron chi connectivity index (χ1n) is 7.84. The standard InChI is InChI=1S/C17H17ClN2O7S/c1-3-26-17(23)16(22)20-10-6-9(2)15(12(18)7-10)27-11-4-5-13(21)14(8-11)28(19,24)25/h4-8,21H,3H2,1-2H3,(H,20,22)(H2,19,24,25). The lowest BCUT2D eigenvalue weighted by atomic mass is 10.2. The Bertz CT molecular complexity index is 1010. The van der Waals surface area contributed by atoms with Gasteiger partial charge < -0.3 is 19.9 Å². The Morgan fingerprint density at radius 2 is 1.93 bits per heavy atom. The summed E-state index contributed by atoms with van der Waals surface area (Å²) >= 11 is 6.18. The van der Waals surface area contributed by atoms with E-state index < -0.39 is 32.5 Å². The number of aromatic hydroxyl groups is 1. The van der Waals surface area contributed by atoms with Crippen LogP contribution in [0.5, 0.6) is 17.2 Å². The molecule has 2 aromatic carbocycles. The number of phenols is 1. The van der Waals surface area contributed by atoms with Crippen LogP contribution in [0.25, 0.3) is 0 Å². The molecule has 0 saturated heterocycles. The van der Waals surface area contributed by atoms with Gasteiger partial charge in [0.15, 0.2) is 0 Å². The van der Waals surface area contributed by atoms with Crippen LogP contribution >= 0.6 is 11.6 Å². The van der Waals surface area contributed by atoms with Crippen molar-refractivity contribution in [2.45, 2.75) is 18.7 Å². The van der Waals surface area contributed by atoms with Gasteiger partial charge in [0.25, 0.3) is 0 Å². The summed E-state index contributed by atoms with van der Waals surface area (Å²) < 4.78 is 33.2. The van der Waals surface area contributed by atoms with E-state index in [0.717, 1.165) is 12.1 Å². The summed E-state index contributed by atoms with van der Waals surface area (Å²) in [5.41, 5.74) is 0.723. The number of sulfonamides is 1. The Morgan fingerprint density at radius 3 is 2.50 bits per heavy atom. The van der Waals surface area contributed by atoms with Gasteiger partial charge in [-0.25, -0.2) is 18.4 Å². The monoisotopic (exact) mass is 428 g/mol. The second-order valence-corrected chi connectivity index (χ2v) is 7.49. The van der Waals surface area contributed by atoms with Crippen molar-refractivity contribution in [3.05, 3.63) is 40.9 Å². The summed E-state index contributed by atoms with van der Waals surface area (Å²) in [6.07, 6.45) is 0. The molecule has 150 valence electrons. The highest BCUT2D eigenvalue weighted by Crippen LogP contribution is 2.37. The Balaban J connectivity index is 2.29. The molecule has 0 aromatic heterocycles. The Kier molecular flexibility index (Phi) is 6.49. The molecule has 0 unspecified atom stereocenters. The van der Waals surface area contributed by atoms with Crippen molar-refractivity contribution in [3.63, 3.8) is 0 Å². The summed E-state index contributed by atoms with van der Waals surface area (Å²) in [6.45, 7) is 3.26. The van der Waals surface area contributed by atoms with Crippen LogP contribution in [0, 0.1) is 6.92 Å². The highest BCUT2D eigenvalue weighted by atomic mass is 35.5. The van der Waals surface area contributed by atoms with Crippen LogP contribution in [0.2, 0.25) is 5.02 Å². The van der Waals surface area contributed by atoms with Crippen molar-refractivity contribution >= 4 is 39.2 Å². The highest BCUT2D eigenvalue weighted by Gasteiger charge is 2.18. The van der Waals surface area contributed by atoms with Gasteiger partial charge in [-0.15, -0.1) is 0 Å². The second kappa shape index (κ2) is 8.46. The molecular weight excluding hydrogens is 412 g/mol. The number of nitrogens with two attached hydrogens (primary N) is 1. The minimum absolute atomic E-state index is 0.0615. The average Bonchev–Trinajstić information content (AvgIpc) is 2.58. The van der Waals surface area contributed by atoms with Gasteiger partial charge in [0.1, 0.15) is 22.1 Å². The van der Waals surface area contributed by atoms with Gasteiger partial charge in [-0.1, -0.05) is 11.6 Å². The van der Waals surface area contributed by atoms with Gasteiger partial charge >= 0.3 is 11.9 Å². The van der Waals surface area contributed by atoms with E-state index in [9.17, 15) is 23.1 Å². The summed E-state index contributed by atoms with van der Waals surface area (Å²) in [5.74, 6) is -2.26. The quantitative estimate of drug-likeness (QED) is 0.489. The molecule has 0 atom stereocenters. The number of ether oxygens (including phenoxy) is 2. The van der Waals surface area contributed by atoms with Crippen LogP contribution in [-0.2, 0) is 24.3 Å². The van der Waals surface area contributed by atoms with Crippen LogP contribution in [0.4, 0.5) is 5.69 Å². The van der Waals surface area contributed by atoms with Crippen LogP contribution in [0.1, 0.15) is 12.5 Å². The first-order chi connectivity index (χ1) is 13.0. The number of nitrogens with one attached hydrogen (secondary N) is 1. The Morgan fingerprint density at radius 1 is 1.25 bits per heavy atom. The summed E-state index contributed by atoms with van der Waals surface area (Å²) in [5, 5.41) is 17.1. The first kappa shape index (κ1) is 21.5. The molecule has 0 fully saturated rings. The molecule has 0 aliphatic rings. The predicted octanol–water partition coefficient (Wildman–Crippen LogP) is 2.30. The van der Waals surface area contributed by atoms with Crippen molar-refractivity contribution in [3.8, 4) is 17.2 Å². The van der Waals surface area contributed by atoms with Gasteiger partial charge in [0.05, 0.1) is 11.6 Å². The number of carbonyl (C=O) groups excluding carboxylic acids is 2. The molecule has 4 N–H and O–H groups in total. The summed E-state index contributed by atoms with van der Waals surface area (Å²) in [7, 11) is -4.16. The lowest BCUT2D eigenvalue weighted by Gasteiger charge is -2.14. The van der Waals surface area contributed by atoms with E-state index in [1.54, 1.807) is 13.8 Å². The number of hydrogen-bond donors (Lipinski definition) is 3. The van der Waals surface area contributed by atoms with E-state index in [4.69, 9.17) is 21.5 Å². The third-order valence-electron chi connectivity index (χ3n) is 3.41. The van der Waals surface area contributed by atoms with Crippen molar-refractivity contribution < 1.29 is 32.6 Å². The molecule has 0 aliphatic heterocycles. The van der Waals surface area contributed by atoms with Crippen LogP contribution < -0.4 is 15.2 Å². The van der Waals surface area contributed by atoms with E-state index in [1.165, 1.54) is 18.2 Å². The van der Waals surface area contributed by atoms with Crippen molar-refractivity contribution in [2.75, 3.05) is 11.9 Å². The molecule has 9 nitrogen and oxygen atoms in total. The molecule has 0 heterocycles. The molecule has 0 saturated carbocycles. The fraction of sp³-hybridized carbons (Fsp3) is 0.176. The number of phenolic OH excluding ortho intramolecular Hbond substituents is 1. The van der Waals surface area contributed by atoms with Crippen LogP contribution in [0.3, 0.4) is 0 Å². The first-order valence-corrected chi connectivity index (χ1v) is 9.77. The van der Waals surface area contributed by atoms with E-state index in [-0.39, 0.29) is 28.8 Å². The molecule has 1 amide bonds. The molecule has 2 rings (SSSR count). The molecule has 0 bridgehead atoms. The van der Waals surface area contributed by atoms with Crippen molar-refractivity contribution in [1.29, 1.82) is 0 Å². The lowest BCUT2D eigenvalue weighted by molar-refractivity contribution is -0.152. The highest BCUT2D eigenvalue weighted by molar-refractivity contribution is 7.89. The largest absolute Gasteiger partial charge is 0.507 e. The molecule has 0 radical (unpaired) electrons. The number of carbonyl (C=O) groups is 2. The SMILES string of the molecule is CCOC(=O)C(=O)Nc1cc(C)c(Oc2ccc(O)c(S(N)(=O)=O)c2)c(Cl)c1. The molecule has 11 heteroatoms. The van der Waals surface area contributed by atoms with Gasteiger partial charge in [0.2, 0.25) is 10.0 Å². The molecule has 0 aliphatic carbocycles. The normalized spacial score (nSPS) is 11.0. The number of aryl methyl sites for hydroxylation is 1. The molecule has 2 aromatic rings. The third kappa shape index (κ3) is 5.12. The number of halogens is 1. The zero-order valence-corrected chi connectivity index (χ0v) is 16.4. The van der Waals surface area contributed by atoms with E-state index in [2.05, 4.69) is 10.1 Å². The number of primary sulfonamides is 1. The predicted molar refractivity (Wildman–Crippen MR) is 101 cm³/mol. The summed E-state index contributed by atoms with van der Waals surface area (Å²) in [4.78, 5) is 22.6. The van der Waals surface area contributed by atoms with Crippen LogP contribution in [-0.4, -0.2) is 32.0 Å². The maximum Gasteiger partial charge on any atom is 0.397 e. The fourth-order valence-corrected chi connectivity index (χ4v) is 3.16.